The highest BCUT2D eigenvalue weighted by Crippen LogP contribution is 2.27. The quantitative estimate of drug-likeness (QED) is 0.919. The van der Waals surface area contributed by atoms with Crippen LogP contribution in [0.1, 0.15) is 10.4 Å². The number of benzene rings is 1. The molecule has 0 radical (unpaired) electrons. The van der Waals surface area contributed by atoms with E-state index in [0.29, 0.717) is 13.1 Å². The van der Waals surface area contributed by atoms with Crippen molar-refractivity contribution in [3.05, 3.63) is 45.9 Å². The van der Waals surface area contributed by atoms with Gasteiger partial charge in [-0.05, 0) is 48.8 Å². The Morgan fingerprint density at radius 1 is 1.22 bits per heavy atom. The number of hydrogen-bond acceptors (Lipinski definition) is 3. The standard InChI is InChI=1S/C14H17FN2S/c1-17(2)8-11-5-10(3-4-14(11)15)12-6-13(7-16)18-9-12/h3-6,9H,7-8,16H2,1-2H3. The first kappa shape index (κ1) is 13.2. The van der Waals surface area contributed by atoms with E-state index in [-0.39, 0.29) is 5.82 Å². The van der Waals surface area contributed by atoms with Crippen LogP contribution in [0.15, 0.2) is 29.6 Å². The van der Waals surface area contributed by atoms with Crippen LogP contribution in [0.3, 0.4) is 0 Å². The first-order chi connectivity index (χ1) is 8.60. The molecule has 1 heterocycles. The zero-order valence-electron chi connectivity index (χ0n) is 10.6. The Morgan fingerprint density at radius 2 is 2.00 bits per heavy atom. The number of hydrogen-bond donors (Lipinski definition) is 1. The molecule has 1 aromatic heterocycles. The lowest BCUT2D eigenvalue weighted by atomic mass is 10.0. The van der Waals surface area contributed by atoms with E-state index < -0.39 is 0 Å². The summed E-state index contributed by atoms with van der Waals surface area (Å²) >= 11 is 1.64. The van der Waals surface area contributed by atoms with Crippen molar-refractivity contribution in [2.45, 2.75) is 13.1 Å². The molecule has 2 nitrogen and oxygen atoms in total. The molecule has 2 N–H and O–H groups in total. The van der Waals surface area contributed by atoms with Gasteiger partial charge in [-0.15, -0.1) is 11.3 Å². The first-order valence-electron chi connectivity index (χ1n) is 5.81. The molecule has 0 aliphatic carbocycles. The summed E-state index contributed by atoms with van der Waals surface area (Å²) in [7, 11) is 3.87. The molecule has 2 aromatic rings. The fraction of sp³-hybridized carbons (Fsp3) is 0.286. The van der Waals surface area contributed by atoms with Crippen LogP contribution in [0.4, 0.5) is 4.39 Å². The largest absolute Gasteiger partial charge is 0.326 e. The molecular formula is C14H17FN2S. The van der Waals surface area contributed by atoms with Gasteiger partial charge in [-0.2, -0.15) is 0 Å². The van der Waals surface area contributed by atoms with Crippen molar-refractivity contribution >= 4 is 11.3 Å². The van der Waals surface area contributed by atoms with Crippen molar-refractivity contribution < 1.29 is 4.39 Å². The third-order valence-electron chi connectivity index (χ3n) is 2.72. The molecule has 0 bridgehead atoms. The highest BCUT2D eigenvalue weighted by Gasteiger charge is 2.07. The lowest BCUT2D eigenvalue weighted by Crippen LogP contribution is -2.11. The number of rotatable bonds is 4. The first-order valence-corrected chi connectivity index (χ1v) is 6.69. The van der Waals surface area contributed by atoms with Gasteiger partial charge in [-0.25, -0.2) is 4.39 Å². The Bertz CT molecular complexity index is 534. The van der Waals surface area contributed by atoms with Crippen molar-refractivity contribution in [2.24, 2.45) is 5.73 Å². The molecule has 4 heteroatoms. The molecule has 0 fully saturated rings. The van der Waals surface area contributed by atoms with Crippen LogP contribution in [0.5, 0.6) is 0 Å². The average molecular weight is 264 g/mol. The van der Waals surface area contributed by atoms with Gasteiger partial charge in [0.1, 0.15) is 5.82 Å². The highest BCUT2D eigenvalue weighted by atomic mass is 32.1. The van der Waals surface area contributed by atoms with Crippen LogP contribution < -0.4 is 5.73 Å². The van der Waals surface area contributed by atoms with Gasteiger partial charge in [0.05, 0.1) is 0 Å². The summed E-state index contributed by atoms with van der Waals surface area (Å²) in [6.07, 6.45) is 0. The third-order valence-corrected chi connectivity index (χ3v) is 3.68. The van der Waals surface area contributed by atoms with E-state index in [9.17, 15) is 4.39 Å². The van der Waals surface area contributed by atoms with Gasteiger partial charge in [-0.1, -0.05) is 6.07 Å². The second-order valence-corrected chi connectivity index (χ2v) is 5.55. The molecule has 1 aromatic carbocycles. The second kappa shape index (κ2) is 5.61. The summed E-state index contributed by atoms with van der Waals surface area (Å²) < 4.78 is 13.7. The predicted molar refractivity (Wildman–Crippen MR) is 75.0 cm³/mol. The van der Waals surface area contributed by atoms with Gasteiger partial charge in [0.15, 0.2) is 0 Å². The molecule has 0 aliphatic rings. The predicted octanol–water partition coefficient (Wildman–Crippen LogP) is 3.07. The van der Waals surface area contributed by atoms with E-state index in [0.717, 1.165) is 21.6 Å². The number of nitrogens with zero attached hydrogens (tertiary/aromatic N) is 1. The summed E-state index contributed by atoms with van der Waals surface area (Å²) in [5.41, 5.74) is 8.48. The molecule has 0 amide bonds. The van der Waals surface area contributed by atoms with Crippen LogP contribution >= 0.6 is 11.3 Å². The van der Waals surface area contributed by atoms with Crippen LogP contribution in [0.2, 0.25) is 0 Å². The molecule has 2 rings (SSSR count). The molecular weight excluding hydrogens is 247 g/mol. The van der Waals surface area contributed by atoms with Crippen LogP contribution in [-0.2, 0) is 13.1 Å². The lowest BCUT2D eigenvalue weighted by molar-refractivity contribution is 0.392. The van der Waals surface area contributed by atoms with Gasteiger partial charge in [0.2, 0.25) is 0 Å². The van der Waals surface area contributed by atoms with Gasteiger partial charge < -0.3 is 10.6 Å². The zero-order chi connectivity index (χ0) is 13.1. The van der Waals surface area contributed by atoms with Gasteiger partial charge >= 0.3 is 0 Å². The Hall–Kier alpha value is -1.23. The maximum absolute atomic E-state index is 13.7. The molecule has 0 saturated carbocycles. The molecule has 0 saturated heterocycles. The van der Waals surface area contributed by atoms with Crippen molar-refractivity contribution in [1.82, 2.24) is 4.90 Å². The molecule has 0 spiro atoms. The number of halogens is 1. The minimum atomic E-state index is -0.151. The van der Waals surface area contributed by atoms with Crippen LogP contribution in [0, 0.1) is 5.82 Å². The SMILES string of the molecule is CN(C)Cc1cc(-c2csc(CN)c2)ccc1F. The van der Waals surface area contributed by atoms with E-state index in [2.05, 4.69) is 11.4 Å². The minimum Gasteiger partial charge on any atom is -0.326 e. The maximum Gasteiger partial charge on any atom is 0.127 e. The Balaban J connectivity index is 2.33. The third kappa shape index (κ3) is 2.96. The maximum atomic E-state index is 13.7. The molecule has 96 valence electrons. The summed E-state index contributed by atoms with van der Waals surface area (Å²) in [4.78, 5) is 3.10. The average Bonchev–Trinajstić information content (AvgIpc) is 2.80. The fourth-order valence-electron chi connectivity index (χ4n) is 1.86. The number of thiophene rings is 1. The minimum absolute atomic E-state index is 0.151. The van der Waals surface area contributed by atoms with Gasteiger partial charge in [-0.3, -0.25) is 0 Å². The smallest absolute Gasteiger partial charge is 0.127 e. The van der Waals surface area contributed by atoms with E-state index >= 15 is 0 Å². The highest BCUT2D eigenvalue weighted by molar-refractivity contribution is 7.10. The van der Waals surface area contributed by atoms with Crippen molar-refractivity contribution in [3.8, 4) is 11.1 Å². The second-order valence-electron chi connectivity index (χ2n) is 4.55. The number of nitrogens with two attached hydrogens (primary N) is 1. The molecule has 0 atom stereocenters. The Labute approximate surface area is 111 Å². The van der Waals surface area contributed by atoms with E-state index in [1.165, 1.54) is 6.07 Å². The van der Waals surface area contributed by atoms with Crippen molar-refractivity contribution in [3.63, 3.8) is 0 Å². The zero-order valence-corrected chi connectivity index (χ0v) is 11.4. The Kier molecular flexibility index (Phi) is 4.11. The van der Waals surface area contributed by atoms with Gasteiger partial charge in [0.25, 0.3) is 0 Å². The lowest BCUT2D eigenvalue weighted by Gasteiger charge is -2.11. The monoisotopic (exact) mass is 264 g/mol. The topological polar surface area (TPSA) is 29.3 Å². The van der Waals surface area contributed by atoms with E-state index in [1.807, 2.05) is 31.1 Å². The molecule has 18 heavy (non-hydrogen) atoms. The molecule has 0 unspecified atom stereocenters. The summed E-state index contributed by atoms with van der Waals surface area (Å²) in [6.45, 7) is 1.16. The van der Waals surface area contributed by atoms with E-state index in [1.54, 1.807) is 11.3 Å². The van der Waals surface area contributed by atoms with Crippen LogP contribution in [0.25, 0.3) is 11.1 Å². The summed E-state index contributed by atoms with van der Waals surface area (Å²) in [5.74, 6) is -0.151. The van der Waals surface area contributed by atoms with Crippen molar-refractivity contribution in [2.75, 3.05) is 14.1 Å². The summed E-state index contributed by atoms with van der Waals surface area (Å²) in [6, 6.07) is 7.33. The summed E-state index contributed by atoms with van der Waals surface area (Å²) in [5, 5.41) is 2.06. The van der Waals surface area contributed by atoms with Gasteiger partial charge in [0, 0.05) is 23.5 Å². The Morgan fingerprint density at radius 3 is 2.61 bits per heavy atom. The fourth-order valence-corrected chi connectivity index (χ4v) is 2.63. The van der Waals surface area contributed by atoms with Crippen molar-refractivity contribution in [1.29, 1.82) is 0 Å². The van der Waals surface area contributed by atoms with Crippen LogP contribution in [-0.4, -0.2) is 19.0 Å². The normalized spacial score (nSPS) is 11.2. The molecule has 0 aliphatic heterocycles. The van der Waals surface area contributed by atoms with E-state index in [4.69, 9.17) is 5.73 Å².